The van der Waals surface area contributed by atoms with Gasteiger partial charge in [0.15, 0.2) is 11.5 Å². The standard InChI is InChI=1S/C17H26N2O5/c1-19(17(20)15(18)11-5-7-24-8-6-11)12-9-13(21-2)16(23-4)14(10-12)22-3/h9-11,15H,5-8,18H2,1-4H3. The van der Waals surface area contributed by atoms with E-state index in [1.165, 1.54) is 26.2 Å². The molecule has 1 aromatic rings. The molecule has 0 radical (unpaired) electrons. The quantitative estimate of drug-likeness (QED) is 0.845. The Bertz CT molecular complexity index is 547. The number of methoxy groups -OCH3 is 3. The Morgan fingerprint density at radius 1 is 1.17 bits per heavy atom. The Hall–Kier alpha value is -1.99. The van der Waals surface area contributed by atoms with E-state index in [0.29, 0.717) is 36.1 Å². The Labute approximate surface area is 142 Å². The van der Waals surface area contributed by atoms with Crippen LogP contribution in [0.4, 0.5) is 5.69 Å². The van der Waals surface area contributed by atoms with Crippen LogP contribution in [0.5, 0.6) is 17.2 Å². The zero-order chi connectivity index (χ0) is 17.7. The van der Waals surface area contributed by atoms with Crippen LogP contribution in [0.2, 0.25) is 0 Å². The van der Waals surface area contributed by atoms with E-state index in [2.05, 4.69) is 0 Å². The molecule has 1 aromatic carbocycles. The third-order valence-electron chi connectivity index (χ3n) is 4.43. The van der Waals surface area contributed by atoms with Crippen LogP contribution in [0, 0.1) is 5.92 Å². The van der Waals surface area contributed by atoms with Crippen molar-refractivity contribution in [3.63, 3.8) is 0 Å². The second-order valence-corrected chi connectivity index (χ2v) is 5.76. The first kappa shape index (κ1) is 18.4. The lowest BCUT2D eigenvalue weighted by Crippen LogP contribution is -2.47. The van der Waals surface area contributed by atoms with Gasteiger partial charge < -0.3 is 29.6 Å². The molecule has 1 heterocycles. The van der Waals surface area contributed by atoms with Gasteiger partial charge in [-0.3, -0.25) is 4.79 Å². The monoisotopic (exact) mass is 338 g/mol. The molecule has 2 rings (SSSR count). The number of benzene rings is 1. The third kappa shape index (κ3) is 3.73. The van der Waals surface area contributed by atoms with Crippen LogP contribution in [0.3, 0.4) is 0 Å². The largest absolute Gasteiger partial charge is 0.493 e. The van der Waals surface area contributed by atoms with Gasteiger partial charge in [0.05, 0.1) is 33.1 Å². The lowest BCUT2D eigenvalue weighted by molar-refractivity contribution is -0.121. The molecule has 0 aliphatic carbocycles. The molecule has 1 amide bonds. The normalized spacial score (nSPS) is 16.4. The predicted octanol–water partition coefficient (Wildman–Crippen LogP) is 1.43. The van der Waals surface area contributed by atoms with Crippen LogP contribution in [0.25, 0.3) is 0 Å². The minimum Gasteiger partial charge on any atom is -0.493 e. The highest BCUT2D eigenvalue weighted by molar-refractivity contribution is 5.97. The molecule has 1 unspecified atom stereocenters. The number of nitrogens with two attached hydrogens (primary N) is 1. The van der Waals surface area contributed by atoms with Gasteiger partial charge in [-0.2, -0.15) is 0 Å². The van der Waals surface area contributed by atoms with E-state index in [1.807, 2.05) is 0 Å². The lowest BCUT2D eigenvalue weighted by Gasteiger charge is -2.30. The van der Waals surface area contributed by atoms with Crippen molar-refractivity contribution in [1.82, 2.24) is 0 Å². The first-order valence-electron chi connectivity index (χ1n) is 7.94. The summed E-state index contributed by atoms with van der Waals surface area (Å²) in [5.41, 5.74) is 6.83. The Balaban J connectivity index is 2.24. The maximum absolute atomic E-state index is 12.7. The van der Waals surface area contributed by atoms with E-state index < -0.39 is 6.04 Å². The SMILES string of the molecule is COc1cc(N(C)C(=O)C(N)C2CCOCC2)cc(OC)c1OC. The van der Waals surface area contributed by atoms with Crippen molar-refractivity contribution in [3.8, 4) is 17.2 Å². The van der Waals surface area contributed by atoms with E-state index in [0.717, 1.165) is 12.8 Å². The summed E-state index contributed by atoms with van der Waals surface area (Å²) in [4.78, 5) is 14.3. The molecule has 0 aromatic heterocycles. The Morgan fingerprint density at radius 2 is 1.71 bits per heavy atom. The van der Waals surface area contributed by atoms with Gasteiger partial charge in [-0.05, 0) is 18.8 Å². The summed E-state index contributed by atoms with van der Waals surface area (Å²) in [5, 5.41) is 0. The highest BCUT2D eigenvalue weighted by atomic mass is 16.5. The molecule has 1 atom stereocenters. The number of carbonyl (C=O) groups excluding carboxylic acids is 1. The average Bonchev–Trinajstić information content (AvgIpc) is 2.65. The second kappa shape index (κ2) is 8.21. The number of carbonyl (C=O) groups is 1. The molecule has 0 saturated carbocycles. The molecular formula is C17H26N2O5. The molecule has 1 aliphatic rings. The molecule has 0 bridgehead atoms. The van der Waals surface area contributed by atoms with E-state index >= 15 is 0 Å². The number of anilines is 1. The summed E-state index contributed by atoms with van der Waals surface area (Å²) in [7, 11) is 6.31. The van der Waals surface area contributed by atoms with Gasteiger partial charge in [-0.15, -0.1) is 0 Å². The van der Waals surface area contributed by atoms with E-state index in [-0.39, 0.29) is 11.8 Å². The smallest absolute Gasteiger partial charge is 0.243 e. The fourth-order valence-corrected chi connectivity index (χ4v) is 2.89. The Morgan fingerprint density at radius 3 is 2.17 bits per heavy atom. The predicted molar refractivity (Wildman–Crippen MR) is 91.0 cm³/mol. The number of nitrogens with zero attached hydrogens (tertiary/aromatic N) is 1. The summed E-state index contributed by atoms with van der Waals surface area (Å²) < 4.78 is 21.3. The third-order valence-corrected chi connectivity index (χ3v) is 4.43. The summed E-state index contributed by atoms with van der Waals surface area (Å²) in [6.07, 6.45) is 1.60. The van der Waals surface area contributed by atoms with E-state index in [9.17, 15) is 4.79 Å². The zero-order valence-corrected chi connectivity index (χ0v) is 14.7. The maximum Gasteiger partial charge on any atom is 0.243 e. The molecule has 1 aliphatic heterocycles. The maximum atomic E-state index is 12.7. The van der Waals surface area contributed by atoms with Crippen LogP contribution >= 0.6 is 0 Å². The van der Waals surface area contributed by atoms with Gasteiger partial charge in [0.2, 0.25) is 11.7 Å². The summed E-state index contributed by atoms with van der Waals surface area (Å²) in [5.74, 6) is 1.46. The van der Waals surface area contributed by atoms with Crippen molar-refractivity contribution < 1.29 is 23.7 Å². The van der Waals surface area contributed by atoms with E-state index in [1.54, 1.807) is 19.2 Å². The number of likely N-dealkylation sites (N-methyl/N-ethyl adjacent to an activating group) is 1. The zero-order valence-electron chi connectivity index (χ0n) is 14.7. The van der Waals surface area contributed by atoms with Crippen LogP contribution in [0.15, 0.2) is 12.1 Å². The number of hydrogen-bond donors (Lipinski definition) is 1. The Kier molecular flexibility index (Phi) is 6.28. The summed E-state index contributed by atoms with van der Waals surface area (Å²) in [6, 6.07) is 2.91. The molecule has 134 valence electrons. The van der Waals surface area contributed by atoms with Gasteiger partial charge in [-0.25, -0.2) is 0 Å². The molecular weight excluding hydrogens is 312 g/mol. The first-order valence-corrected chi connectivity index (χ1v) is 7.94. The summed E-state index contributed by atoms with van der Waals surface area (Å²) >= 11 is 0. The van der Waals surface area contributed by atoms with Gasteiger partial charge >= 0.3 is 0 Å². The fourth-order valence-electron chi connectivity index (χ4n) is 2.89. The molecule has 1 fully saturated rings. The van der Waals surface area contributed by atoms with Crippen molar-refractivity contribution in [2.45, 2.75) is 18.9 Å². The number of ether oxygens (including phenoxy) is 4. The first-order chi connectivity index (χ1) is 11.5. The lowest BCUT2D eigenvalue weighted by atomic mass is 9.91. The number of hydrogen-bond acceptors (Lipinski definition) is 6. The van der Waals surface area contributed by atoms with Gasteiger partial charge in [-0.1, -0.05) is 0 Å². The molecule has 2 N–H and O–H groups in total. The van der Waals surface area contributed by atoms with Gasteiger partial charge in [0, 0.05) is 32.4 Å². The van der Waals surface area contributed by atoms with Crippen LogP contribution < -0.4 is 24.8 Å². The molecule has 7 heteroatoms. The van der Waals surface area contributed by atoms with Crippen molar-refractivity contribution in [2.75, 3.05) is 46.5 Å². The summed E-state index contributed by atoms with van der Waals surface area (Å²) in [6.45, 7) is 1.30. The molecule has 1 saturated heterocycles. The van der Waals surface area contributed by atoms with Crippen molar-refractivity contribution in [2.24, 2.45) is 11.7 Å². The van der Waals surface area contributed by atoms with Crippen LogP contribution in [-0.2, 0) is 9.53 Å². The van der Waals surface area contributed by atoms with Crippen molar-refractivity contribution in [3.05, 3.63) is 12.1 Å². The van der Waals surface area contributed by atoms with Crippen LogP contribution in [-0.4, -0.2) is 53.5 Å². The van der Waals surface area contributed by atoms with Crippen molar-refractivity contribution >= 4 is 11.6 Å². The highest BCUT2D eigenvalue weighted by Gasteiger charge is 2.30. The van der Waals surface area contributed by atoms with Crippen molar-refractivity contribution in [1.29, 1.82) is 0 Å². The minimum atomic E-state index is -0.557. The molecule has 0 spiro atoms. The van der Waals surface area contributed by atoms with Gasteiger partial charge in [0.25, 0.3) is 0 Å². The topological polar surface area (TPSA) is 83.3 Å². The minimum absolute atomic E-state index is 0.135. The average molecular weight is 338 g/mol. The number of amides is 1. The molecule has 24 heavy (non-hydrogen) atoms. The van der Waals surface area contributed by atoms with Gasteiger partial charge in [0.1, 0.15) is 0 Å². The highest BCUT2D eigenvalue weighted by Crippen LogP contribution is 2.41. The number of rotatable bonds is 6. The van der Waals surface area contributed by atoms with E-state index in [4.69, 9.17) is 24.7 Å². The second-order valence-electron chi connectivity index (χ2n) is 5.76. The molecule has 7 nitrogen and oxygen atoms in total. The fraction of sp³-hybridized carbons (Fsp3) is 0.588. The van der Waals surface area contributed by atoms with Crippen LogP contribution in [0.1, 0.15) is 12.8 Å².